The molecule has 102 valence electrons. The van der Waals surface area contributed by atoms with Crippen LogP contribution in [0.2, 0.25) is 0 Å². The van der Waals surface area contributed by atoms with Crippen molar-refractivity contribution in [2.75, 3.05) is 20.1 Å². The molecule has 1 fully saturated rings. The van der Waals surface area contributed by atoms with Crippen molar-refractivity contribution in [1.29, 1.82) is 5.26 Å². The number of nitriles is 1. The topological polar surface area (TPSA) is 73.2 Å². The molecule has 1 saturated heterocycles. The SMILES string of the molecule is Cc1ccc(C#N)cc1S(=O)(=O)N(C)[C@H]1CCNC1. The number of aryl methyl sites for hydroxylation is 1. The smallest absolute Gasteiger partial charge is 0.243 e. The van der Waals surface area contributed by atoms with Crippen LogP contribution in [0.15, 0.2) is 23.1 Å². The quantitative estimate of drug-likeness (QED) is 0.890. The maximum absolute atomic E-state index is 12.6. The lowest BCUT2D eigenvalue weighted by Crippen LogP contribution is -2.38. The molecule has 0 spiro atoms. The molecule has 0 bridgehead atoms. The number of benzene rings is 1. The van der Waals surface area contributed by atoms with Gasteiger partial charge >= 0.3 is 0 Å². The summed E-state index contributed by atoms with van der Waals surface area (Å²) in [6, 6.07) is 6.71. The van der Waals surface area contributed by atoms with Crippen LogP contribution in [0.25, 0.3) is 0 Å². The Hall–Kier alpha value is -1.42. The van der Waals surface area contributed by atoms with Crippen molar-refractivity contribution in [2.24, 2.45) is 0 Å². The molecule has 1 aromatic carbocycles. The largest absolute Gasteiger partial charge is 0.315 e. The van der Waals surface area contributed by atoms with Crippen LogP contribution in [0.1, 0.15) is 17.5 Å². The fourth-order valence-electron chi connectivity index (χ4n) is 2.25. The average Bonchev–Trinajstić information content (AvgIpc) is 2.92. The van der Waals surface area contributed by atoms with Crippen LogP contribution in [0, 0.1) is 18.3 Å². The van der Waals surface area contributed by atoms with Gasteiger partial charge in [0.05, 0.1) is 16.5 Å². The van der Waals surface area contributed by atoms with Gasteiger partial charge < -0.3 is 5.32 Å². The van der Waals surface area contributed by atoms with Crippen LogP contribution in [-0.4, -0.2) is 38.9 Å². The summed E-state index contributed by atoms with van der Waals surface area (Å²) in [6.45, 7) is 3.25. The van der Waals surface area contributed by atoms with Crippen molar-refractivity contribution >= 4 is 10.0 Å². The standard InChI is InChI=1S/C13H17N3O2S/c1-10-3-4-11(8-14)7-13(10)19(17,18)16(2)12-5-6-15-9-12/h3-4,7,12,15H,5-6,9H2,1-2H3/t12-/m0/s1. The second-order valence-corrected chi connectivity index (χ2v) is 6.73. The van der Waals surface area contributed by atoms with Crippen LogP contribution in [0.5, 0.6) is 0 Å². The zero-order valence-electron chi connectivity index (χ0n) is 11.0. The van der Waals surface area contributed by atoms with E-state index in [0.717, 1.165) is 13.0 Å². The van der Waals surface area contributed by atoms with E-state index in [9.17, 15) is 8.42 Å². The minimum atomic E-state index is -3.54. The predicted octanol–water partition coefficient (Wildman–Crippen LogP) is 0.849. The Morgan fingerprint density at radius 3 is 2.79 bits per heavy atom. The van der Waals surface area contributed by atoms with E-state index in [2.05, 4.69) is 5.32 Å². The van der Waals surface area contributed by atoms with Gasteiger partial charge in [-0.15, -0.1) is 0 Å². The minimum absolute atomic E-state index is 0.0184. The Bertz CT molecular complexity index is 613. The highest BCUT2D eigenvalue weighted by molar-refractivity contribution is 7.89. The number of nitrogens with one attached hydrogen (secondary N) is 1. The van der Waals surface area contributed by atoms with E-state index in [1.807, 2.05) is 6.07 Å². The number of hydrogen-bond donors (Lipinski definition) is 1. The van der Waals surface area contributed by atoms with Gasteiger partial charge in [-0.3, -0.25) is 0 Å². The zero-order chi connectivity index (χ0) is 14.0. The van der Waals surface area contributed by atoms with E-state index in [1.165, 1.54) is 10.4 Å². The molecule has 0 aromatic heterocycles. The third kappa shape index (κ3) is 2.63. The molecule has 2 rings (SSSR count). The average molecular weight is 279 g/mol. The first kappa shape index (κ1) is 14.0. The van der Waals surface area contributed by atoms with Crippen LogP contribution in [0.4, 0.5) is 0 Å². The third-order valence-electron chi connectivity index (χ3n) is 3.52. The highest BCUT2D eigenvalue weighted by Gasteiger charge is 2.31. The molecule has 0 aliphatic carbocycles. The van der Waals surface area contributed by atoms with Crippen molar-refractivity contribution in [2.45, 2.75) is 24.3 Å². The lowest BCUT2D eigenvalue weighted by molar-refractivity contribution is 0.387. The Balaban J connectivity index is 2.41. The molecule has 0 radical (unpaired) electrons. The van der Waals surface area contributed by atoms with Gasteiger partial charge in [0.15, 0.2) is 0 Å². The molecular weight excluding hydrogens is 262 g/mol. The number of rotatable bonds is 3. The first-order chi connectivity index (χ1) is 8.96. The summed E-state index contributed by atoms with van der Waals surface area (Å²) in [5.74, 6) is 0. The summed E-state index contributed by atoms with van der Waals surface area (Å²) in [7, 11) is -1.94. The maximum atomic E-state index is 12.6. The summed E-state index contributed by atoms with van der Waals surface area (Å²) in [5, 5.41) is 12.1. The summed E-state index contributed by atoms with van der Waals surface area (Å²) in [4.78, 5) is 0.223. The third-order valence-corrected chi connectivity index (χ3v) is 5.57. The molecule has 0 saturated carbocycles. The molecule has 19 heavy (non-hydrogen) atoms. The van der Waals surface area contributed by atoms with Gasteiger partial charge in [-0.05, 0) is 37.6 Å². The lowest BCUT2D eigenvalue weighted by Gasteiger charge is -2.24. The maximum Gasteiger partial charge on any atom is 0.243 e. The van der Waals surface area contributed by atoms with Crippen LogP contribution in [0.3, 0.4) is 0 Å². The Labute approximate surface area is 113 Å². The first-order valence-electron chi connectivity index (χ1n) is 6.16. The van der Waals surface area contributed by atoms with Gasteiger partial charge in [0, 0.05) is 19.6 Å². The molecule has 1 N–H and O–H groups in total. The lowest BCUT2D eigenvalue weighted by atomic mass is 10.2. The first-order valence-corrected chi connectivity index (χ1v) is 7.60. The van der Waals surface area contributed by atoms with Crippen molar-refractivity contribution in [3.63, 3.8) is 0 Å². The van der Waals surface area contributed by atoms with Crippen LogP contribution >= 0.6 is 0 Å². The zero-order valence-corrected chi connectivity index (χ0v) is 11.9. The molecule has 1 atom stereocenters. The van der Waals surface area contributed by atoms with E-state index in [4.69, 9.17) is 5.26 Å². The van der Waals surface area contributed by atoms with Crippen LogP contribution < -0.4 is 5.32 Å². The summed E-state index contributed by atoms with van der Waals surface area (Å²) >= 11 is 0. The second-order valence-electron chi connectivity index (χ2n) is 4.76. The minimum Gasteiger partial charge on any atom is -0.315 e. The van der Waals surface area contributed by atoms with Crippen molar-refractivity contribution in [3.05, 3.63) is 29.3 Å². The monoisotopic (exact) mass is 279 g/mol. The van der Waals surface area contributed by atoms with Crippen molar-refractivity contribution in [1.82, 2.24) is 9.62 Å². The fraction of sp³-hybridized carbons (Fsp3) is 0.462. The molecule has 1 heterocycles. The summed E-state index contributed by atoms with van der Waals surface area (Å²) in [5.41, 5.74) is 1.03. The summed E-state index contributed by atoms with van der Waals surface area (Å²) in [6.07, 6.45) is 0.812. The summed E-state index contributed by atoms with van der Waals surface area (Å²) < 4.78 is 26.6. The van der Waals surface area contributed by atoms with Gasteiger partial charge in [-0.2, -0.15) is 9.57 Å². The van der Waals surface area contributed by atoms with Crippen LogP contribution in [-0.2, 0) is 10.0 Å². The van der Waals surface area contributed by atoms with E-state index in [0.29, 0.717) is 17.7 Å². The molecule has 5 nitrogen and oxygen atoms in total. The second kappa shape index (κ2) is 5.29. The number of hydrogen-bond acceptors (Lipinski definition) is 4. The molecule has 1 aliphatic rings. The molecule has 6 heteroatoms. The molecular formula is C13H17N3O2S. The Kier molecular flexibility index (Phi) is 3.90. The molecule has 0 amide bonds. The molecule has 1 aliphatic heterocycles. The number of likely N-dealkylation sites (N-methyl/N-ethyl adjacent to an activating group) is 1. The van der Waals surface area contributed by atoms with E-state index in [-0.39, 0.29) is 10.9 Å². The normalized spacial score (nSPS) is 19.6. The highest BCUT2D eigenvalue weighted by atomic mass is 32.2. The highest BCUT2D eigenvalue weighted by Crippen LogP contribution is 2.23. The Morgan fingerprint density at radius 2 is 2.21 bits per heavy atom. The van der Waals surface area contributed by atoms with E-state index < -0.39 is 10.0 Å². The van der Waals surface area contributed by atoms with Gasteiger partial charge in [0.25, 0.3) is 0 Å². The van der Waals surface area contributed by atoms with Gasteiger partial charge in [0.2, 0.25) is 10.0 Å². The Morgan fingerprint density at radius 1 is 1.47 bits per heavy atom. The van der Waals surface area contributed by atoms with Gasteiger partial charge in [0.1, 0.15) is 0 Å². The van der Waals surface area contributed by atoms with Crippen molar-refractivity contribution < 1.29 is 8.42 Å². The van der Waals surface area contributed by atoms with Crippen molar-refractivity contribution in [3.8, 4) is 6.07 Å². The molecule has 1 aromatic rings. The van der Waals surface area contributed by atoms with Gasteiger partial charge in [-0.1, -0.05) is 6.07 Å². The van der Waals surface area contributed by atoms with E-state index in [1.54, 1.807) is 26.1 Å². The number of nitrogens with zero attached hydrogens (tertiary/aromatic N) is 2. The van der Waals surface area contributed by atoms with E-state index >= 15 is 0 Å². The number of sulfonamides is 1. The fourth-order valence-corrected chi connectivity index (χ4v) is 3.88. The predicted molar refractivity (Wildman–Crippen MR) is 72.1 cm³/mol. The van der Waals surface area contributed by atoms with Gasteiger partial charge in [-0.25, -0.2) is 8.42 Å². The molecule has 0 unspecified atom stereocenters.